The lowest BCUT2D eigenvalue weighted by Gasteiger charge is -2.30. The van der Waals surface area contributed by atoms with Crippen LogP contribution in [0.5, 0.6) is 5.75 Å². The summed E-state index contributed by atoms with van der Waals surface area (Å²) >= 11 is 0. The van der Waals surface area contributed by atoms with Gasteiger partial charge in [-0.1, -0.05) is 94.0 Å². The zero-order valence-corrected chi connectivity index (χ0v) is 18.4. The van der Waals surface area contributed by atoms with Crippen molar-refractivity contribution in [2.24, 2.45) is 5.92 Å². The highest BCUT2D eigenvalue weighted by molar-refractivity contribution is 5.37. The lowest BCUT2D eigenvalue weighted by molar-refractivity contribution is 0.0194. The van der Waals surface area contributed by atoms with E-state index in [1.165, 1.54) is 49.7 Å². The minimum Gasteiger partial charge on any atom is -0.493 e. The van der Waals surface area contributed by atoms with Gasteiger partial charge >= 0.3 is 0 Å². The Morgan fingerprint density at radius 1 is 0.828 bits per heavy atom. The molecular formula is C26H38O3. The Balaban J connectivity index is 0.000000166. The zero-order valence-electron chi connectivity index (χ0n) is 18.4. The SMILES string of the molecule is C1CCCCC1.COC1c2ccccc2OCC1C.COCCc1ccccc1. The highest BCUT2D eigenvalue weighted by Crippen LogP contribution is 2.36. The molecule has 1 heterocycles. The maximum Gasteiger partial charge on any atom is 0.125 e. The first kappa shape index (κ1) is 23.4. The molecule has 2 atom stereocenters. The molecule has 0 N–H and O–H groups in total. The van der Waals surface area contributed by atoms with Gasteiger partial charge in [-0.2, -0.15) is 0 Å². The maximum atomic E-state index is 5.59. The monoisotopic (exact) mass is 398 g/mol. The molecule has 2 aromatic carbocycles. The van der Waals surface area contributed by atoms with Gasteiger partial charge in [0.05, 0.1) is 19.3 Å². The molecule has 0 saturated heterocycles. The van der Waals surface area contributed by atoms with Gasteiger partial charge in [0, 0.05) is 25.7 Å². The molecule has 0 radical (unpaired) electrons. The lowest BCUT2D eigenvalue weighted by Crippen LogP contribution is -2.24. The minimum atomic E-state index is 0.185. The predicted molar refractivity (Wildman–Crippen MR) is 121 cm³/mol. The van der Waals surface area contributed by atoms with E-state index in [4.69, 9.17) is 14.2 Å². The standard InChI is InChI=1S/C11H14O2.C9H12O.C6H12/c1-8-7-13-10-6-4-3-5-9(10)11(8)12-2;1-10-8-7-9-5-3-2-4-6-9;1-2-4-6-5-3-1/h3-6,8,11H,7H2,1-2H3;2-6H,7-8H2,1H3;1-6H2. The molecule has 2 unspecified atom stereocenters. The van der Waals surface area contributed by atoms with E-state index in [1.54, 1.807) is 14.2 Å². The number of rotatable bonds is 4. The van der Waals surface area contributed by atoms with Gasteiger partial charge in [0.15, 0.2) is 0 Å². The van der Waals surface area contributed by atoms with E-state index in [-0.39, 0.29) is 6.10 Å². The molecule has 0 amide bonds. The minimum absolute atomic E-state index is 0.185. The fraction of sp³-hybridized carbons (Fsp3) is 0.538. The van der Waals surface area contributed by atoms with Crippen molar-refractivity contribution in [3.63, 3.8) is 0 Å². The lowest BCUT2D eigenvalue weighted by atomic mass is 9.95. The Morgan fingerprint density at radius 3 is 2.00 bits per heavy atom. The van der Waals surface area contributed by atoms with E-state index in [1.807, 2.05) is 36.4 Å². The van der Waals surface area contributed by atoms with Crippen molar-refractivity contribution in [3.8, 4) is 5.75 Å². The van der Waals surface area contributed by atoms with Crippen LogP contribution in [-0.2, 0) is 15.9 Å². The van der Waals surface area contributed by atoms with Crippen LogP contribution in [0.2, 0.25) is 0 Å². The molecule has 0 spiro atoms. The molecule has 2 aliphatic rings. The van der Waals surface area contributed by atoms with Crippen molar-refractivity contribution in [3.05, 3.63) is 65.7 Å². The largest absolute Gasteiger partial charge is 0.493 e. The number of para-hydroxylation sites is 1. The summed E-state index contributed by atoms with van der Waals surface area (Å²) in [5, 5.41) is 0. The third kappa shape index (κ3) is 8.59. The van der Waals surface area contributed by atoms with Gasteiger partial charge in [0.2, 0.25) is 0 Å². The van der Waals surface area contributed by atoms with Gasteiger partial charge in [0.25, 0.3) is 0 Å². The summed E-state index contributed by atoms with van der Waals surface area (Å²) in [5.41, 5.74) is 2.51. The van der Waals surface area contributed by atoms with Crippen LogP contribution < -0.4 is 4.74 Å². The quantitative estimate of drug-likeness (QED) is 0.579. The second-order valence-corrected chi connectivity index (χ2v) is 7.83. The van der Waals surface area contributed by atoms with Crippen LogP contribution in [0, 0.1) is 5.92 Å². The molecular weight excluding hydrogens is 360 g/mol. The molecule has 3 heteroatoms. The average molecular weight is 399 g/mol. The van der Waals surface area contributed by atoms with E-state index in [0.717, 1.165) is 25.4 Å². The first-order valence-corrected chi connectivity index (χ1v) is 11.0. The Bertz CT molecular complexity index is 641. The van der Waals surface area contributed by atoms with Crippen molar-refractivity contribution >= 4 is 0 Å². The number of fused-ring (bicyclic) bond motifs is 1. The van der Waals surface area contributed by atoms with Crippen molar-refractivity contribution in [2.75, 3.05) is 27.4 Å². The number of ether oxygens (including phenoxy) is 3. The molecule has 1 saturated carbocycles. The van der Waals surface area contributed by atoms with E-state index in [2.05, 4.69) is 25.1 Å². The summed E-state index contributed by atoms with van der Waals surface area (Å²) < 4.78 is 16.0. The van der Waals surface area contributed by atoms with Crippen LogP contribution in [0.3, 0.4) is 0 Å². The summed E-state index contributed by atoms with van der Waals surface area (Å²) in [7, 11) is 3.48. The van der Waals surface area contributed by atoms with Crippen LogP contribution >= 0.6 is 0 Å². The van der Waals surface area contributed by atoms with Crippen LogP contribution in [0.15, 0.2) is 54.6 Å². The van der Waals surface area contributed by atoms with Crippen LogP contribution in [0.25, 0.3) is 0 Å². The van der Waals surface area contributed by atoms with Gasteiger partial charge in [-0.05, 0) is 18.1 Å². The fourth-order valence-corrected chi connectivity index (χ4v) is 3.75. The predicted octanol–water partition coefficient (Wildman–Crippen LogP) is 6.62. The third-order valence-corrected chi connectivity index (χ3v) is 5.44. The number of benzene rings is 2. The summed E-state index contributed by atoms with van der Waals surface area (Å²) in [5.74, 6) is 1.40. The highest BCUT2D eigenvalue weighted by Gasteiger charge is 2.27. The molecule has 29 heavy (non-hydrogen) atoms. The maximum absolute atomic E-state index is 5.59. The first-order chi connectivity index (χ1) is 14.3. The Morgan fingerprint density at radius 2 is 1.41 bits per heavy atom. The van der Waals surface area contributed by atoms with Crippen LogP contribution in [-0.4, -0.2) is 27.4 Å². The highest BCUT2D eigenvalue weighted by atomic mass is 16.5. The van der Waals surface area contributed by atoms with E-state index < -0.39 is 0 Å². The molecule has 2 aromatic rings. The van der Waals surface area contributed by atoms with E-state index in [9.17, 15) is 0 Å². The number of hydrogen-bond donors (Lipinski definition) is 0. The zero-order chi connectivity index (χ0) is 20.7. The molecule has 1 fully saturated rings. The van der Waals surface area contributed by atoms with Gasteiger partial charge < -0.3 is 14.2 Å². The van der Waals surface area contributed by atoms with Gasteiger partial charge in [-0.3, -0.25) is 0 Å². The molecule has 3 nitrogen and oxygen atoms in total. The number of hydrogen-bond acceptors (Lipinski definition) is 3. The van der Waals surface area contributed by atoms with E-state index in [0.29, 0.717) is 5.92 Å². The number of methoxy groups -OCH3 is 2. The first-order valence-electron chi connectivity index (χ1n) is 11.0. The Hall–Kier alpha value is -1.84. The summed E-state index contributed by atoms with van der Waals surface area (Å²) in [6.07, 6.45) is 10.2. The summed E-state index contributed by atoms with van der Waals surface area (Å²) in [6, 6.07) is 18.4. The van der Waals surface area contributed by atoms with Crippen LogP contribution in [0.4, 0.5) is 0 Å². The fourth-order valence-electron chi connectivity index (χ4n) is 3.75. The second kappa shape index (κ2) is 14.2. The molecule has 0 bridgehead atoms. The normalized spacial score (nSPS) is 20.1. The molecule has 1 aliphatic carbocycles. The Kier molecular flexibility index (Phi) is 11.5. The van der Waals surface area contributed by atoms with Crippen molar-refractivity contribution < 1.29 is 14.2 Å². The van der Waals surface area contributed by atoms with Gasteiger partial charge in [-0.15, -0.1) is 0 Å². The molecule has 160 valence electrons. The molecule has 0 aromatic heterocycles. The van der Waals surface area contributed by atoms with Gasteiger partial charge in [-0.25, -0.2) is 0 Å². The van der Waals surface area contributed by atoms with Gasteiger partial charge in [0.1, 0.15) is 5.75 Å². The molecule has 4 rings (SSSR count). The van der Waals surface area contributed by atoms with Crippen molar-refractivity contribution in [1.82, 2.24) is 0 Å². The van der Waals surface area contributed by atoms with Crippen LogP contribution in [0.1, 0.15) is 62.7 Å². The van der Waals surface area contributed by atoms with Crippen molar-refractivity contribution in [2.45, 2.75) is 58.0 Å². The van der Waals surface area contributed by atoms with E-state index >= 15 is 0 Å². The molecule has 1 aliphatic heterocycles. The summed E-state index contributed by atoms with van der Waals surface area (Å²) in [6.45, 7) is 3.70. The van der Waals surface area contributed by atoms with Crippen molar-refractivity contribution in [1.29, 1.82) is 0 Å². The third-order valence-electron chi connectivity index (χ3n) is 5.44. The smallest absolute Gasteiger partial charge is 0.125 e. The summed E-state index contributed by atoms with van der Waals surface area (Å²) in [4.78, 5) is 0. The Labute approximate surface area is 177 Å². The average Bonchev–Trinajstić information content (AvgIpc) is 2.80. The second-order valence-electron chi connectivity index (χ2n) is 7.83. The topological polar surface area (TPSA) is 27.7 Å².